The zero-order valence-electron chi connectivity index (χ0n) is 9.05. The largest absolute Gasteiger partial charge is 0.495 e. The van der Waals surface area contributed by atoms with Gasteiger partial charge in [-0.15, -0.1) is 0 Å². The van der Waals surface area contributed by atoms with Gasteiger partial charge in [-0.05, 0) is 11.6 Å². The Balaban J connectivity index is 2.07. The van der Waals surface area contributed by atoms with Gasteiger partial charge in [0.1, 0.15) is 12.5 Å². The second kappa shape index (κ2) is 5.18. The van der Waals surface area contributed by atoms with Crippen LogP contribution < -0.4 is 15.5 Å². The molecular formula is C10H12BNO5. The summed E-state index contributed by atoms with van der Waals surface area (Å²) in [5.41, 5.74) is 1.40. The second-order valence-corrected chi connectivity index (χ2v) is 3.54. The number of hydrogen-bond donors (Lipinski definition) is 3. The van der Waals surface area contributed by atoms with E-state index in [4.69, 9.17) is 14.5 Å². The first-order valence-electron chi connectivity index (χ1n) is 5.14. The monoisotopic (exact) mass is 237 g/mol. The molecular weight excluding hydrogens is 225 g/mol. The fourth-order valence-electron chi connectivity index (χ4n) is 1.66. The summed E-state index contributed by atoms with van der Waals surface area (Å²) in [6.45, 7) is -0.318. The first-order chi connectivity index (χ1) is 8.22. The van der Waals surface area contributed by atoms with Crippen LogP contribution in [0.15, 0.2) is 18.2 Å². The van der Waals surface area contributed by atoms with Crippen LogP contribution in [-0.2, 0) is 16.1 Å². The van der Waals surface area contributed by atoms with E-state index < -0.39 is 19.8 Å². The molecule has 90 valence electrons. The van der Waals surface area contributed by atoms with Gasteiger partial charge in [0, 0.05) is 5.46 Å². The Kier molecular flexibility index (Phi) is 3.63. The zero-order chi connectivity index (χ0) is 12.3. The molecule has 1 aromatic carbocycles. The van der Waals surface area contributed by atoms with E-state index in [0.29, 0.717) is 17.8 Å². The van der Waals surface area contributed by atoms with Crippen molar-refractivity contribution in [1.29, 1.82) is 0 Å². The molecule has 2 rings (SSSR count). The van der Waals surface area contributed by atoms with Gasteiger partial charge in [-0.25, -0.2) is 0 Å². The molecule has 1 amide bonds. The van der Waals surface area contributed by atoms with Crippen molar-refractivity contribution in [3.05, 3.63) is 23.8 Å². The van der Waals surface area contributed by atoms with E-state index in [0.717, 1.165) is 5.56 Å². The van der Waals surface area contributed by atoms with Crippen LogP contribution in [0.1, 0.15) is 5.56 Å². The molecule has 1 aliphatic heterocycles. The maximum atomic E-state index is 11.1. The Hall–Kier alpha value is -1.57. The van der Waals surface area contributed by atoms with E-state index in [1.165, 1.54) is 0 Å². The quantitative estimate of drug-likeness (QED) is 0.431. The molecule has 0 unspecified atom stereocenters. The number of aliphatic hydroxyl groups excluding tert-OH is 1. The molecule has 6 nitrogen and oxygen atoms in total. The normalized spacial score (nSPS) is 13.4. The van der Waals surface area contributed by atoms with E-state index in [1.807, 2.05) is 6.07 Å². The van der Waals surface area contributed by atoms with Crippen molar-refractivity contribution in [2.45, 2.75) is 6.61 Å². The van der Waals surface area contributed by atoms with Crippen LogP contribution in [0.4, 0.5) is 0 Å². The molecule has 1 aliphatic rings. The SMILES string of the molecule is O=C(COc1cccc2c1B(O)OC2)NCO. The summed E-state index contributed by atoms with van der Waals surface area (Å²) in [4.78, 5) is 11.1. The van der Waals surface area contributed by atoms with Gasteiger partial charge in [-0.1, -0.05) is 12.1 Å². The molecule has 0 fully saturated rings. The molecule has 0 atom stereocenters. The van der Waals surface area contributed by atoms with Crippen LogP contribution in [0.2, 0.25) is 0 Å². The maximum Gasteiger partial charge on any atom is 0.495 e. The topological polar surface area (TPSA) is 88.0 Å². The minimum atomic E-state index is -1.01. The predicted molar refractivity (Wildman–Crippen MR) is 59.6 cm³/mol. The number of hydrogen-bond acceptors (Lipinski definition) is 5. The molecule has 17 heavy (non-hydrogen) atoms. The molecule has 0 aliphatic carbocycles. The van der Waals surface area contributed by atoms with Crippen LogP contribution in [0.25, 0.3) is 0 Å². The second-order valence-electron chi connectivity index (χ2n) is 3.54. The highest BCUT2D eigenvalue weighted by molar-refractivity contribution is 6.62. The molecule has 1 aromatic rings. The highest BCUT2D eigenvalue weighted by atomic mass is 16.5. The third-order valence-corrected chi connectivity index (χ3v) is 2.44. The lowest BCUT2D eigenvalue weighted by atomic mass is 9.79. The number of carbonyl (C=O) groups is 1. The van der Waals surface area contributed by atoms with Crippen molar-refractivity contribution < 1.29 is 24.3 Å². The van der Waals surface area contributed by atoms with E-state index in [9.17, 15) is 9.82 Å². The smallest absolute Gasteiger partial charge is 0.484 e. The summed E-state index contributed by atoms with van der Waals surface area (Å²) in [5, 5.41) is 20.3. The van der Waals surface area contributed by atoms with E-state index >= 15 is 0 Å². The average Bonchev–Trinajstić information content (AvgIpc) is 2.70. The Morgan fingerprint density at radius 1 is 1.59 bits per heavy atom. The Morgan fingerprint density at radius 3 is 3.18 bits per heavy atom. The van der Waals surface area contributed by atoms with Gasteiger partial charge in [0.05, 0.1) is 6.61 Å². The number of amides is 1. The van der Waals surface area contributed by atoms with Gasteiger partial charge in [0.15, 0.2) is 6.61 Å². The van der Waals surface area contributed by atoms with Crippen molar-refractivity contribution >= 4 is 18.5 Å². The van der Waals surface area contributed by atoms with Crippen LogP contribution in [0, 0.1) is 0 Å². The summed E-state index contributed by atoms with van der Waals surface area (Å²) in [5.74, 6) is -0.0147. The van der Waals surface area contributed by atoms with Crippen molar-refractivity contribution in [3.8, 4) is 5.75 Å². The summed E-state index contributed by atoms with van der Waals surface area (Å²) in [6.07, 6.45) is 0. The minimum absolute atomic E-state index is 0.219. The van der Waals surface area contributed by atoms with E-state index in [2.05, 4.69) is 5.32 Å². The van der Waals surface area contributed by atoms with Crippen molar-refractivity contribution in [3.63, 3.8) is 0 Å². The molecule has 3 N–H and O–H groups in total. The Labute approximate surface area is 98.3 Å². The van der Waals surface area contributed by atoms with Gasteiger partial charge in [0.2, 0.25) is 0 Å². The number of rotatable bonds is 4. The molecule has 0 saturated carbocycles. The fraction of sp³-hybridized carbons (Fsp3) is 0.300. The number of aliphatic hydroxyl groups is 1. The third kappa shape index (κ3) is 2.58. The molecule has 0 spiro atoms. The summed E-state index contributed by atoms with van der Waals surface area (Å²) >= 11 is 0. The van der Waals surface area contributed by atoms with Crippen molar-refractivity contribution in [2.75, 3.05) is 13.3 Å². The maximum absolute atomic E-state index is 11.1. The lowest BCUT2D eigenvalue weighted by Crippen LogP contribution is -2.33. The Bertz CT molecular complexity index is 425. The number of nitrogens with one attached hydrogen (secondary N) is 1. The van der Waals surface area contributed by atoms with Crippen molar-refractivity contribution in [1.82, 2.24) is 5.32 Å². The van der Waals surface area contributed by atoms with Gasteiger partial charge in [-0.2, -0.15) is 0 Å². The van der Waals surface area contributed by atoms with E-state index in [-0.39, 0.29) is 6.61 Å². The van der Waals surface area contributed by atoms with Crippen LogP contribution in [0.3, 0.4) is 0 Å². The lowest BCUT2D eigenvalue weighted by molar-refractivity contribution is -0.124. The fourth-order valence-corrected chi connectivity index (χ4v) is 1.66. The summed E-state index contributed by atoms with van der Waals surface area (Å²) in [7, 11) is -1.01. The molecule has 0 radical (unpaired) electrons. The molecule has 7 heteroatoms. The van der Waals surface area contributed by atoms with Crippen molar-refractivity contribution in [2.24, 2.45) is 0 Å². The van der Waals surface area contributed by atoms with Crippen LogP contribution >= 0.6 is 0 Å². The van der Waals surface area contributed by atoms with Gasteiger partial charge in [-0.3, -0.25) is 4.79 Å². The van der Waals surface area contributed by atoms with Crippen LogP contribution in [0.5, 0.6) is 5.75 Å². The minimum Gasteiger partial charge on any atom is -0.484 e. The van der Waals surface area contributed by atoms with E-state index in [1.54, 1.807) is 12.1 Å². The van der Waals surface area contributed by atoms with Gasteiger partial charge >= 0.3 is 7.12 Å². The molecule has 0 saturated heterocycles. The third-order valence-electron chi connectivity index (χ3n) is 2.44. The van der Waals surface area contributed by atoms with Crippen LogP contribution in [-0.4, -0.2) is 36.5 Å². The first kappa shape index (κ1) is 11.9. The molecule has 1 heterocycles. The summed E-state index contributed by atoms with van der Waals surface area (Å²) in [6, 6.07) is 5.24. The number of carbonyl (C=O) groups excluding carboxylic acids is 1. The number of ether oxygens (including phenoxy) is 1. The number of fused-ring (bicyclic) bond motifs is 1. The predicted octanol–water partition coefficient (Wildman–Crippen LogP) is -1.65. The number of benzene rings is 1. The highest BCUT2D eigenvalue weighted by Crippen LogP contribution is 2.17. The lowest BCUT2D eigenvalue weighted by Gasteiger charge is -2.10. The molecule has 0 aromatic heterocycles. The standard InChI is InChI=1S/C10H12BNO5/c13-6-12-9(14)5-16-8-3-1-2-7-4-17-11(15)10(7)8/h1-3,13,15H,4-6H2,(H,12,14). The van der Waals surface area contributed by atoms with Gasteiger partial charge < -0.3 is 24.8 Å². The zero-order valence-corrected chi connectivity index (χ0v) is 9.05. The molecule has 0 bridgehead atoms. The Morgan fingerprint density at radius 2 is 2.41 bits per heavy atom. The first-order valence-corrected chi connectivity index (χ1v) is 5.14. The average molecular weight is 237 g/mol. The van der Waals surface area contributed by atoms with Gasteiger partial charge in [0.25, 0.3) is 5.91 Å². The highest BCUT2D eigenvalue weighted by Gasteiger charge is 2.30. The summed E-state index contributed by atoms with van der Waals surface area (Å²) < 4.78 is 10.3.